The van der Waals surface area contributed by atoms with Crippen molar-refractivity contribution < 1.29 is 4.79 Å². The van der Waals surface area contributed by atoms with Crippen molar-refractivity contribution in [1.82, 2.24) is 15.5 Å². The number of fused-ring (bicyclic) bond motifs is 2. The molecular formula is C20H29N3O. The summed E-state index contributed by atoms with van der Waals surface area (Å²) in [7, 11) is 0. The molecule has 4 nitrogen and oxygen atoms in total. The third-order valence-electron chi connectivity index (χ3n) is 6.14. The molecule has 1 aromatic rings. The van der Waals surface area contributed by atoms with Gasteiger partial charge in [-0.2, -0.15) is 0 Å². The quantitative estimate of drug-likeness (QED) is 0.896. The first-order chi connectivity index (χ1) is 11.7. The normalized spacial score (nSPS) is 33.4. The molecule has 3 heterocycles. The molecule has 2 bridgehead atoms. The van der Waals surface area contributed by atoms with Crippen LogP contribution in [-0.4, -0.2) is 48.1 Å². The molecule has 2 N–H and O–H groups in total. The zero-order chi connectivity index (χ0) is 16.5. The van der Waals surface area contributed by atoms with Crippen LogP contribution in [0.5, 0.6) is 0 Å². The highest BCUT2D eigenvalue weighted by Gasteiger charge is 2.37. The summed E-state index contributed by atoms with van der Waals surface area (Å²) < 4.78 is 0. The van der Waals surface area contributed by atoms with Crippen molar-refractivity contribution in [3.63, 3.8) is 0 Å². The van der Waals surface area contributed by atoms with E-state index >= 15 is 0 Å². The molecular weight excluding hydrogens is 298 g/mol. The summed E-state index contributed by atoms with van der Waals surface area (Å²) in [6.45, 7) is 4.22. The van der Waals surface area contributed by atoms with Crippen LogP contribution in [0.1, 0.15) is 54.4 Å². The van der Waals surface area contributed by atoms with Gasteiger partial charge in [-0.3, -0.25) is 9.69 Å². The van der Waals surface area contributed by atoms with Crippen LogP contribution in [0.2, 0.25) is 0 Å². The molecule has 0 aliphatic carbocycles. The van der Waals surface area contributed by atoms with Crippen LogP contribution in [0.25, 0.3) is 0 Å². The van der Waals surface area contributed by atoms with Gasteiger partial charge < -0.3 is 10.6 Å². The third-order valence-corrected chi connectivity index (χ3v) is 6.14. The van der Waals surface area contributed by atoms with Gasteiger partial charge in [-0.25, -0.2) is 0 Å². The molecule has 3 aliphatic heterocycles. The number of hydrogen-bond acceptors (Lipinski definition) is 3. The Labute approximate surface area is 145 Å². The largest absolute Gasteiger partial charge is 0.348 e. The molecule has 130 valence electrons. The number of likely N-dealkylation sites (tertiary alicyclic amines) is 1. The highest BCUT2D eigenvalue weighted by molar-refractivity contribution is 5.95. The lowest BCUT2D eigenvalue weighted by atomic mass is 9.94. The van der Waals surface area contributed by atoms with E-state index in [-0.39, 0.29) is 5.91 Å². The summed E-state index contributed by atoms with van der Waals surface area (Å²) >= 11 is 0. The van der Waals surface area contributed by atoms with E-state index in [1.807, 2.05) is 31.2 Å². The second kappa shape index (κ2) is 6.85. The van der Waals surface area contributed by atoms with Crippen LogP contribution in [0, 0.1) is 6.92 Å². The minimum Gasteiger partial charge on any atom is -0.348 e. The molecule has 4 heteroatoms. The van der Waals surface area contributed by atoms with Gasteiger partial charge in [-0.15, -0.1) is 0 Å². The van der Waals surface area contributed by atoms with Crippen LogP contribution in [-0.2, 0) is 0 Å². The molecule has 0 aromatic heterocycles. The first-order valence-corrected chi connectivity index (χ1v) is 9.55. The fourth-order valence-corrected chi connectivity index (χ4v) is 4.87. The second-order valence-electron chi connectivity index (χ2n) is 7.89. The number of nitrogens with one attached hydrogen (secondary N) is 2. The van der Waals surface area contributed by atoms with Gasteiger partial charge in [0.1, 0.15) is 0 Å². The minimum absolute atomic E-state index is 0.0883. The fraction of sp³-hybridized carbons (Fsp3) is 0.650. The number of piperidine rings is 2. The van der Waals surface area contributed by atoms with Crippen molar-refractivity contribution in [1.29, 1.82) is 0 Å². The Morgan fingerprint density at radius 1 is 1.17 bits per heavy atom. The summed E-state index contributed by atoms with van der Waals surface area (Å²) in [5.41, 5.74) is 1.87. The van der Waals surface area contributed by atoms with Gasteiger partial charge in [0.15, 0.2) is 0 Å². The van der Waals surface area contributed by atoms with E-state index < -0.39 is 0 Å². The topological polar surface area (TPSA) is 44.4 Å². The number of amides is 1. The summed E-state index contributed by atoms with van der Waals surface area (Å²) in [5.74, 6) is 0.0883. The standard InChI is InChI=1S/C20H29N3O/c1-14-5-2-3-7-19(14)20(24)22-17-6-4-10-23(13-17)18-11-15-8-9-16(12-18)21-15/h2-3,5,7,15-18,21H,4,6,8-13H2,1H3,(H,22,24)/t15?,16?,17-,18?/m1/s1. The monoisotopic (exact) mass is 327 g/mol. The maximum Gasteiger partial charge on any atom is 0.251 e. The van der Waals surface area contributed by atoms with Gasteiger partial charge in [0.25, 0.3) is 5.91 Å². The number of aryl methyl sites for hydroxylation is 1. The van der Waals surface area contributed by atoms with Crippen LogP contribution >= 0.6 is 0 Å². The maximum absolute atomic E-state index is 12.6. The van der Waals surface area contributed by atoms with Crippen LogP contribution in [0.15, 0.2) is 24.3 Å². The predicted molar refractivity (Wildman–Crippen MR) is 96.2 cm³/mol. The van der Waals surface area contributed by atoms with Crippen molar-refractivity contribution in [3.05, 3.63) is 35.4 Å². The van der Waals surface area contributed by atoms with Gasteiger partial charge in [-0.05, 0) is 63.6 Å². The van der Waals surface area contributed by atoms with Gasteiger partial charge in [0.2, 0.25) is 0 Å². The van der Waals surface area contributed by atoms with Gasteiger partial charge >= 0.3 is 0 Å². The number of hydrogen-bond donors (Lipinski definition) is 2. The maximum atomic E-state index is 12.6. The molecule has 3 fully saturated rings. The molecule has 0 spiro atoms. The Kier molecular flexibility index (Phi) is 4.59. The molecule has 3 atom stereocenters. The first-order valence-electron chi connectivity index (χ1n) is 9.55. The van der Waals surface area contributed by atoms with Crippen molar-refractivity contribution >= 4 is 5.91 Å². The summed E-state index contributed by atoms with van der Waals surface area (Å²) in [4.78, 5) is 15.2. The second-order valence-corrected chi connectivity index (χ2v) is 7.89. The zero-order valence-electron chi connectivity index (χ0n) is 14.6. The smallest absolute Gasteiger partial charge is 0.251 e. The number of benzene rings is 1. The number of nitrogens with zero attached hydrogens (tertiary/aromatic N) is 1. The fourth-order valence-electron chi connectivity index (χ4n) is 4.87. The molecule has 2 unspecified atom stereocenters. The van der Waals surface area contributed by atoms with E-state index in [0.717, 1.165) is 36.2 Å². The Bertz CT molecular complexity index is 590. The van der Waals surface area contributed by atoms with E-state index in [0.29, 0.717) is 12.1 Å². The van der Waals surface area contributed by atoms with Crippen LogP contribution < -0.4 is 10.6 Å². The molecule has 1 aromatic carbocycles. The van der Waals surface area contributed by atoms with Crippen molar-refractivity contribution in [3.8, 4) is 0 Å². The molecule has 0 saturated carbocycles. The lowest BCUT2D eigenvalue weighted by Gasteiger charge is -2.42. The lowest BCUT2D eigenvalue weighted by Crippen LogP contribution is -2.55. The average molecular weight is 327 g/mol. The highest BCUT2D eigenvalue weighted by atomic mass is 16.1. The molecule has 24 heavy (non-hydrogen) atoms. The Morgan fingerprint density at radius 3 is 2.67 bits per heavy atom. The summed E-state index contributed by atoms with van der Waals surface area (Å²) in [6.07, 6.45) is 7.57. The minimum atomic E-state index is 0.0883. The molecule has 0 radical (unpaired) electrons. The van der Waals surface area contributed by atoms with Gasteiger partial charge in [0.05, 0.1) is 0 Å². The van der Waals surface area contributed by atoms with E-state index in [4.69, 9.17) is 0 Å². The van der Waals surface area contributed by atoms with E-state index in [2.05, 4.69) is 15.5 Å². The SMILES string of the molecule is Cc1ccccc1C(=O)N[C@@H]1CCCN(C2CC3CCC(C2)N3)C1. The van der Waals surface area contributed by atoms with Crippen molar-refractivity contribution in [2.75, 3.05) is 13.1 Å². The zero-order valence-corrected chi connectivity index (χ0v) is 14.6. The molecule has 3 aliphatic rings. The highest BCUT2D eigenvalue weighted by Crippen LogP contribution is 2.31. The molecule has 1 amide bonds. The van der Waals surface area contributed by atoms with E-state index in [1.165, 1.54) is 38.6 Å². The molecule has 3 saturated heterocycles. The van der Waals surface area contributed by atoms with Crippen molar-refractivity contribution in [2.24, 2.45) is 0 Å². The van der Waals surface area contributed by atoms with E-state index in [1.54, 1.807) is 0 Å². The Hall–Kier alpha value is -1.39. The first kappa shape index (κ1) is 16.1. The van der Waals surface area contributed by atoms with Gasteiger partial charge in [0, 0.05) is 36.3 Å². The third kappa shape index (κ3) is 3.35. The van der Waals surface area contributed by atoms with Gasteiger partial charge in [-0.1, -0.05) is 18.2 Å². The Balaban J connectivity index is 1.37. The van der Waals surface area contributed by atoms with Crippen molar-refractivity contribution in [2.45, 2.75) is 69.6 Å². The summed E-state index contributed by atoms with van der Waals surface area (Å²) in [5, 5.41) is 7.02. The molecule has 4 rings (SSSR count). The lowest BCUT2D eigenvalue weighted by molar-refractivity contribution is 0.0810. The Morgan fingerprint density at radius 2 is 1.92 bits per heavy atom. The summed E-state index contributed by atoms with van der Waals surface area (Å²) in [6, 6.07) is 10.3. The predicted octanol–water partition coefficient (Wildman–Crippen LogP) is 2.47. The average Bonchev–Trinajstić information content (AvgIpc) is 2.93. The van der Waals surface area contributed by atoms with E-state index in [9.17, 15) is 4.79 Å². The van der Waals surface area contributed by atoms with Crippen LogP contribution in [0.3, 0.4) is 0 Å². The van der Waals surface area contributed by atoms with Crippen LogP contribution in [0.4, 0.5) is 0 Å². The number of carbonyl (C=O) groups excluding carboxylic acids is 1. The number of rotatable bonds is 3. The number of carbonyl (C=O) groups is 1.